The average Bonchev–Trinajstić information content (AvgIpc) is 2.65. The molecule has 1 heterocycles. The molecule has 1 aliphatic rings. The molecule has 0 unspecified atom stereocenters. The molecule has 1 fully saturated rings. The Morgan fingerprint density at radius 1 is 1.07 bits per heavy atom. The molecule has 3 rings (SSSR count). The summed E-state index contributed by atoms with van der Waals surface area (Å²) < 4.78 is 0. The molecule has 0 atom stereocenters. The highest BCUT2D eigenvalue weighted by molar-refractivity contribution is 5.89. The van der Waals surface area contributed by atoms with Crippen LogP contribution < -0.4 is 5.32 Å². The van der Waals surface area contributed by atoms with E-state index in [-0.39, 0.29) is 11.7 Å². The summed E-state index contributed by atoms with van der Waals surface area (Å²) in [6.07, 6.45) is 0. The highest BCUT2D eigenvalue weighted by Crippen LogP contribution is 2.18. The highest BCUT2D eigenvalue weighted by Gasteiger charge is 2.21. The van der Waals surface area contributed by atoms with Crippen molar-refractivity contribution in [2.75, 3.05) is 31.5 Å². The number of nitro benzene ring substituents is 1. The number of carbonyl (C=O) groups is 1. The van der Waals surface area contributed by atoms with Gasteiger partial charge in [-0.25, -0.2) is 4.79 Å². The number of benzene rings is 2. The van der Waals surface area contributed by atoms with Crippen molar-refractivity contribution < 1.29 is 9.72 Å². The van der Waals surface area contributed by atoms with Crippen LogP contribution in [0, 0.1) is 24.0 Å². The van der Waals surface area contributed by atoms with Crippen LogP contribution in [-0.2, 0) is 6.54 Å². The van der Waals surface area contributed by atoms with Crippen molar-refractivity contribution in [2.45, 2.75) is 20.4 Å². The van der Waals surface area contributed by atoms with Crippen molar-refractivity contribution in [3.63, 3.8) is 0 Å². The predicted octanol–water partition coefficient (Wildman–Crippen LogP) is 3.56. The predicted molar refractivity (Wildman–Crippen MR) is 105 cm³/mol. The summed E-state index contributed by atoms with van der Waals surface area (Å²) >= 11 is 0. The number of carbonyl (C=O) groups excluding carboxylic acids is 1. The third kappa shape index (κ3) is 4.83. The van der Waals surface area contributed by atoms with Gasteiger partial charge < -0.3 is 10.2 Å². The van der Waals surface area contributed by atoms with Crippen molar-refractivity contribution in [3.05, 3.63) is 69.3 Å². The first-order valence-electron chi connectivity index (χ1n) is 9.01. The summed E-state index contributed by atoms with van der Waals surface area (Å²) in [5.41, 5.74) is 4.27. The van der Waals surface area contributed by atoms with Gasteiger partial charge in [0.1, 0.15) is 0 Å². The van der Waals surface area contributed by atoms with Crippen molar-refractivity contribution in [1.82, 2.24) is 9.80 Å². The SMILES string of the molecule is Cc1ccc(CN2CCN(C(=O)Nc3cccc([N+](=O)[O-])c3)CC2)cc1C. The minimum Gasteiger partial charge on any atom is -0.322 e. The molecule has 0 spiro atoms. The molecular formula is C20H24N4O3. The molecule has 0 aromatic heterocycles. The first-order chi connectivity index (χ1) is 12.9. The van der Waals surface area contributed by atoms with Crippen LogP contribution in [0.25, 0.3) is 0 Å². The third-order valence-electron chi connectivity index (χ3n) is 4.95. The largest absolute Gasteiger partial charge is 0.322 e. The minimum absolute atomic E-state index is 0.0361. The van der Waals surface area contributed by atoms with Crippen LogP contribution >= 0.6 is 0 Å². The van der Waals surface area contributed by atoms with Gasteiger partial charge >= 0.3 is 6.03 Å². The molecule has 1 aliphatic heterocycles. The quantitative estimate of drug-likeness (QED) is 0.661. The van der Waals surface area contributed by atoms with E-state index in [1.165, 1.54) is 28.8 Å². The zero-order valence-electron chi connectivity index (χ0n) is 15.6. The zero-order valence-corrected chi connectivity index (χ0v) is 15.6. The van der Waals surface area contributed by atoms with Crippen LogP contribution in [0.5, 0.6) is 0 Å². The van der Waals surface area contributed by atoms with Gasteiger partial charge in [0.05, 0.1) is 4.92 Å². The van der Waals surface area contributed by atoms with E-state index in [1.54, 1.807) is 17.0 Å². The van der Waals surface area contributed by atoms with Crippen LogP contribution in [0.4, 0.5) is 16.2 Å². The number of nitro groups is 1. The number of hydrogen-bond acceptors (Lipinski definition) is 4. The summed E-state index contributed by atoms with van der Waals surface area (Å²) in [4.78, 5) is 26.9. The van der Waals surface area contributed by atoms with E-state index in [2.05, 4.69) is 42.3 Å². The fourth-order valence-electron chi connectivity index (χ4n) is 3.17. The van der Waals surface area contributed by atoms with Crippen molar-refractivity contribution in [1.29, 1.82) is 0 Å². The number of anilines is 1. The lowest BCUT2D eigenvalue weighted by Gasteiger charge is -2.34. The smallest absolute Gasteiger partial charge is 0.321 e. The lowest BCUT2D eigenvalue weighted by Crippen LogP contribution is -2.49. The summed E-state index contributed by atoms with van der Waals surface area (Å²) in [5, 5.41) is 13.6. The second-order valence-corrected chi connectivity index (χ2v) is 6.92. The van der Waals surface area contributed by atoms with Gasteiger partial charge in [0.2, 0.25) is 0 Å². The maximum Gasteiger partial charge on any atom is 0.321 e. The lowest BCUT2D eigenvalue weighted by atomic mass is 10.1. The normalized spacial score (nSPS) is 14.8. The Hall–Kier alpha value is -2.93. The second-order valence-electron chi connectivity index (χ2n) is 6.92. The summed E-state index contributed by atoms with van der Waals surface area (Å²) in [5.74, 6) is 0. The number of urea groups is 1. The fourth-order valence-corrected chi connectivity index (χ4v) is 3.17. The van der Waals surface area contributed by atoms with Crippen LogP contribution in [-0.4, -0.2) is 46.9 Å². The van der Waals surface area contributed by atoms with Gasteiger partial charge in [-0.15, -0.1) is 0 Å². The minimum atomic E-state index is -0.471. The van der Waals surface area contributed by atoms with Gasteiger partial charge in [-0.3, -0.25) is 15.0 Å². The first kappa shape index (κ1) is 18.8. The van der Waals surface area contributed by atoms with Crippen molar-refractivity contribution in [3.8, 4) is 0 Å². The van der Waals surface area contributed by atoms with Crippen molar-refractivity contribution in [2.24, 2.45) is 0 Å². The summed E-state index contributed by atoms with van der Waals surface area (Å²) in [6, 6.07) is 12.3. The molecule has 0 bridgehead atoms. The Bertz CT molecular complexity index is 845. The number of non-ortho nitro benzene ring substituents is 1. The molecule has 0 radical (unpaired) electrons. The Labute approximate surface area is 158 Å². The van der Waals surface area contributed by atoms with Gasteiger partial charge in [0.15, 0.2) is 0 Å². The zero-order chi connectivity index (χ0) is 19.4. The van der Waals surface area contributed by atoms with Gasteiger partial charge in [-0.05, 0) is 36.6 Å². The highest BCUT2D eigenvalue weighted by atomic mass is 16.6. The maximum atomic E-state index is 12.4. The standard InChI is InChI=1S/C20H24N4O3/c1-15-6-7-17(12-16(15)2)14-22-8-10-23(11-9-22)20(25)21-18-4-3-5-19(13-18)24(26)27/h3-7,12-13H,8-11,14H2,1-2H3,(H,21,25). The molecule has 142 valence electrons. The monoisotopic (exact) mass is 368 g/mol. The number of piperazine rings is 1. The van der Waals surface area contributed by atoms with E-state index in [1.807, 2.05) is 0 Å². The maximum absolute atomic E-state index is 12.4. The van der Waals surface area contributed by atoms with E-state index < -0.39 is 4.92 Å². The van der Waals surface area contributed by atoms with E-state index in [4.69, 9.17) is 0 Å². The Morgan fingerprint density at radius 3 is 2.48 bits per heavy atom. The summed E-state index contributed by atoms with van der Waals surface area (Å²) in [7, 11) is 0. The molecule has 0 saturated carbocycles. The molecule has 2 aromatic carbocycles. The van der Waals surface area contributed by atoms with Gasteiger partial charge in [0, 0.05) is 50.5 Å². The molecule has 2 aromatic rings. The second kappa shape index (κ2) is 8.18. The Balaban J connectivity index is 1.52. The van der Waals surface area contributed by atoms with Gasteiger partial charge in [-0.1, -0.05) is 24.3 Å². The molecule has 1 saturated heterocycles. The molecule has 1 N–H and O–H groups in total. The van der Waals surface area contributed by atoms with Crippen molar-refractivity contribution >= 4 is 17.4 Å². The number of amides is 2. The Morgan fingerprint density at radius 2 is 1.81 bits per heavy atom. The van der Waals surface area contributed by atoms with Gasteiger partial charge in [0.25, 0.3) is 5.69 Å². The topological polar surface area (TPSA) is 78.7 Å². The van der Waals surface area contributed by atoms with Crippen LogP contribution in [0.3, 0.4) is 0 Å². The number of nitrogens with zero attached hydrogens (tertiary/aromatic N) is 3. The fraction of sp³-hybridized carbons (Fsp3) is 0.350. The van der Waals surface area contributed by atoms with E-state index >= 15 is 0 Å². The first-order valence-corrected chi connectivity index (χ1v) is 9.01. The molecule has 27 heavy (non-hydrogen) atoms. The molecule has 7 heteroatoms. The third-order valence-corrected chi connectivity index (χ3v) is 4.95. The van der Waals surface area contributed by atoms with Gasteiger partial charge in [-0.2, -0.15) is 0 Å². The molecule has 0 aliphatic carbocycles. The molecule has 2 amide bonds. The molecular weight excluding hydrogens is 344 g/mol. The van der Waals surface area contributed by atoms with Crippen LogP contribution in [0.1, 0.15) is 16.7 Å². The number of nitrogens with one attached hydrogen (secondary N) is 1. The lowest BCUT2D eigenvalue weighted by molar-refractivity contribution is -0.384. The number of hydrogen-bond donors (Lipinski definition) is 1. The Kier molecular flexibility index (Phi) is 5.71. The summed E-state index contributed by atoms with van der Waals surface area (Å²) in [6.45, 7) is 7.97. The average molecular weight is 368 g/mol. The number of rotatable bonds is 4. The van der Waals surface area contributed by atoms with E-state index in [9.17, 15) is 14.9 Å². The number of aryl methyl sites for hydroxylation is 2. The molecule has 7 nitrogen and oxygen atoms in total. The van der Waals surface area contributed by atoms with E-state index in [0.717, 1.165) is 19.6 Å². The van der Waals surface area contributed by atoms with Crippen LogP contribution in [0.15, 0.2) is 42.5 Å². The van der Waals surface area contributed by atoms with Crippen LogP contribution in [0.2, 0.25) is 0 Å². The van der Waals surface area contributed by atoms with E-state index in [0.29, 0.717) is 18.8 Å².